The Morgan fingerprint density at radius 2 is 1.57 bits per heavy atom. The van der Waals surface area contributed by atoms with Crippen LogP contribution in [0.1, 0.15) is 133 Å². The van der Waals surface area contributed by atoms with E-state index >= 15 is 0 Å². The summed E-state index contributed by atoms with van der Waals surface area (Å²) in [4.78, 5) is 26.4. The van der Waals surface area contributed by atoms with Gasteiger partial charge in [-0.05, 0) is 95.6 Å². The molecule has 0 bridgehead atoms. The SMILES string of the molecule is CC[C@@H](C(=O)[C@@H](C)[C@@H](O)[C@H](C)[C@@H]1O[C@@H]([C@@H](CC)C(=O)O)CC[C@@H]1C)[C@@H]1O[C@]2(C=C[C@@H](O)[C@]3(CC[C@@](C)([C@H]4CC[C@](O)(CC)[C@H](C)O4)O3)O2)[C@H](C)C[C@@H]1C. The Morgan fingerprint density at radius 1 is 0.887 bits per heavy atom. The topological polar surface area (TPSA) is 161 Å². The Kier molecular flexibility index (Phi) is 13.0. The maximum absolute atomic E-state index is 14.4. The van der Waals surface area contributed by atoms with E-state index < -0.39 is 76.8 Å². The van der Waals surface area contributed by atoms with Crippen molar-refractivity contribution in [2.75, 3.05) is 0 Å². The van der Waals surface area contributed by atoms with Crippen molar-refractivity contribution in [1.29, 1.82) is 0 Å². The first-order chi connectivity index (χ1) is 24.8. The molecule has 4 saturated heterocycles. The van der Waals surface area contributed by atoms with E-state index in [1.165, 1.54) is 0 Å². The van der Waals surface area contributed by atoms with Crippen molar-refractivity contribution < 1.29 is 53.7 Å². The van der Waals surface area contributed by atoms with Crippen LogP contribution in [-0.4, -0.2) is 97.7 Å². The minimum absolute atomic E-state index is 0.0137. The number of ketones is 1. The molecule has 5 rings (SSSR count). The summed E-state index contributed by atoms with van der Waals surface area (Å²) >= 11 is 0. The first-order valence-electron chi connectivity index (χ1n) is 20.7. The van der Waals surface area contributed by atoms with Crippen LogP contribution in [-0.2, 0) is 33.3 Å². The van der Waals surface area contributed by atoms with Crippen LogP contribution < -0.4 is 0 Å². The number of aliphatic carboxylic acids is 1. The van der Waals surface area contributed by atoms with Gasteiger partial charge in [-0.1, -0.05) is 55.4 Å². The summed E-state index contributed by atoms with van der Waals surface area (Å²) in [7, 11) is 0. The molecule has 5 aliphatic rings. The summed E-state index contributed by atoms with van der Waals surface area (Å²) in [6.45, 7) is 19.6. The van der Waals surface area contributed by atoms with E-state index in [1.54, 1.807) is 19.1 Å². The fourth-order valence-corrected chi connectivity index (χ4v) is 10.5. The van der Waals surface area contributed by atoms with Gasteiger partial charge in [0.25, 0.3) is 0 Å². The minimum Gasteiger partial charge on any atom is -0.481 e. The average molecular weight is 751 g/mol. The number of carbonyl (C=O) groups excluding carboxylic acids is 1. The minimum atomic E-state index is -1.37. The predicted octanol–water partition coefficient (Wildman–Crippen LogP) is 6.19. The highest BCUT2D eigenvalue weighted by atomic mass is 16.8. The zero-order valence-electron chi connectivity index (χ0n) is 34.0. The lowest BCUT2D eigenvalue weighted by Crippen LogP contribution is -2.63. The second-order valence-electron chi connectivity index (χ2n) is 17.9. The quantitative estimate of drug-likeness (QED) is 0.169. The molecule has 0 aromatic heterocycles. The number of hydrogen-bond donors (Lipinski definition) is 4. The van der Waals surface area contributed by atoms with Crippen LogP contribution in [0.2, 0.25) is 0 Å². The van der Waals surface area contributed by atoms with Gasteiger partial charge in [-0.25, -0.2) is 0 Å². The van der Waals surface area contributed by atoms with Crippen molar-refractivity contribution in [1.82, 2.24) is 0 Å². The molecule has 0 unspecified atom stereocenters. The molecule has 4 fully saturated rings. The molecule has 0 radical (unpaired) electrons. The fraction of sp³-hybridized carbons (Fsp3) is 0.905. The van der Waals surface area contributed by atoms with Crippen LogP contribution in [0.4, 0.5) is 0 Å². The number of rotatable bonds is 12. The van der Waals surface area contributed by atoms with E-state index in [1.807, 2.05) is 41.5 Å². The van der Waals surface area contributed by atoms with Crippen molar-refractivity contribution in [2.24, 2.45) is 41.4 Å². The van der Waals surface area contributed by atoms with Gasteiger partial charge < -0.3 is 44.1 Å². The van der Waals surface area contributed by atoms with Gasteiger partial charge in [-0.15, -0.1) is 0 Å². The number of carboxylic acid groups (broad SMARTS) is 1. The van der Waals surface area contributed by atoms with Crippen molar-refractivity contribution in [3.8, 4) is 0 Å². The Labute approximate surface area is 317 Å². The van der Waals surface area contributed by atoms with Gasteiger partial charge in [0.2, 0.25) is 5.79 Å². The van der Waals surface area contributed by atoms with E-state index in [-0.39, 0.29) is 41.8 Å². The number of carbonyl (C=O) groups is 2. The fourth-order valence-electron chi connectivity index (χ4n) is 10.5. The highest BCUT2D eigenvalue weighted by Crippen LogP contribution is 2.54. The number of aliphatic hydroxyl groups excluding tert-OH is 2. The maximum atomic E-state index is 14.4. The van der Waals surface area contributed by atoms with Gasteiger partial charge in [-0.2, -0.15) is 0 Å². The number of carboxylic acids is 1. The third-order valence-corrected chi connectivity index (χ3v) is 14.4. The summed E-state index contributed by atoms with van der Waals surface area (Å²) in [6.07, 6.45) is 5.51. The van der Waals surface area contributed by atoms with Gasteiger partial charge in [-0.3, -0.25) is 9.59 Å². The molecular weight excluding hydrogens is 680 g/mol. The lowest BCUT2D eigenvalue weighted by atomic mass is 9.72. The first kappa shape index (κ1) is 42.7. The van der Waals surface area contributed by atoms with Crippen LogP contribution >= 0.6 is 0 Å². The highest BCUT2D eigenvalue weighted by molar-refractivity contribution is 5.84. The number of Topliss-reactive ketones (excluding diaryl/α,β-unsaturated/α-hetero) is 1. The molecule has 53 heavy (non-hydrogen) atoms. The van der Waals surface area contributed by atoms with Crippen molar-refractivity contribution in [2.45, 2.75) is 199 Å². The lowest BCUT2D eigenvalue weighted by molar-refractivity contribution is -0.409. The zero-order valence-corrected chi connectivity index (χ0v) is 34.0. The second kappa shape index (κ2) is 16.2. The van der Waals surface area contributed by atoms with E-state index in [9.17, 15) is 30.0 Å². The third-order valence-electron chi connectivity index (χ3n) is 14.4. The third kappa shape index (κ3) is 7.94. The molecule has 5 aliphatic heterocycles. The number of aliphatic hydroxyl groups is 3. The molecule has 18 atom stereocenters. The standard InChI is InChI=1S/C42H70O11/c1-11-29(38(46)47)31-15-14-23(4)36(50-31)27(8)34(44)26(7)35(45)30(12-2)37-24(5)22-25(6)41(51-37)19-16-32(43)42(53-41)21-20-39(10,52-42)33-17-18-40(48,13-3)28(9)49-33/h16,19,23-34,36-37,43-44,48H,11-15,17-18,20-22H2,1-10H3,(H,46,47)/t23-,24-,25+,26-,27-,28-,29+,30-,31+,32+,33+,34+,36+,37+,39-,40+,41-,42-/m0/s1. The Bertz CT molecular complexity index is 1320. The Balaban J connectivity index is 1.31. The van der Waals surface area contributed by atoms with E-state index in [2.05, 4.69) is 20.8 Å². The van der Waals surface area contributed by atoms with Gasteiger partial charge in [0.15, 0.2) is 5.79 Å². The van der Waals surface area contributed by atoms with Crippen LogP contribution in [0.25, 0.3) is 0 Å². The molecule has 11 heteroatoms. The Morgan fingerprint density at radius 3 is 2.17 bits per heavy atom. The van der Waals surface area contributed by atoms with Crippen molar-refractivity contribution in [3.63, 3.8) is 0 Å². The molecule has 0 aromatic rings. The van der Waals surface area contributed by atoms with Crippen LogP contribution in [0.15, 0.2) is 12.2 Å². The summed E-state index contributed by atoms with van der Waals surface area (Å²) in [5, 5.41) is 44.0. The lowest BCUT2D eigenvalue weighted by Gasteiger charge is -2.54. The number of hydrogen-bond acceptors (Lipinski definition) is 10. The molecule has 0 aliphatic carbocycles. The van der Waals surface area contributed by atoms with Gasteiger partial charge >= 0.3 is 5.97 Å². The van der Waals surface area contributed by atoms with Crippen LogP contribution in [0.5, 0.6) is 0 Å². The molecule has 0 aromatic carbocycles. The first-order valence-corrected chi connectivity index (χ1v) is 20.7. The normalized spacial score (nSPS) is 46.2. The largest absolute Gasteiger partial charge is 0.481 e. The van der Waals surface area contributed by atoms with Gasteiger partial charge in [0.05, 0.1) is 53.7 Å². The van der Waals surface area contributed by atoms with Gasteiger partial charge in [0.1, 0.15) is 11.9 Å². The molecular formula is C42H70O11. The predicted molar refractivity (Wildman–Crippen MR) is 199 cm³/mol. The summed E-state index contributed by atoms with van der Waals surface area (Å²) in [6, 6.07) is 0. The summed E-state index contributed by atoms with van der Waals surface area (Å²) < 4.78 is 33.5. The molecule has 5 heterocycles. The number of ether oxygens (including phenoxy) is 5. The highest BCUT2D eigenvalue weighted by Gasteiger charge is 2.63. The summed E-state index contributed by atoms with van der Waals surface area (Å²) in [5.41, 5.74) is -1.63. The van der Waals surface area contributed by atoms with E-state index in [0.717, 1.165) is 6.42 Å². The molecule has 0 amide bonds. The second-order valence-corrected chi connectivity index (χ2v) is 17.9. The van der Waals surface area contributed by atoms with E-state index in [4.69, 9.17) is 23.7 Å². The summed E-state index contributed by atoms with van der Waals surface area (Å²) in [5.74, 6) is -5.78. The molecule has 4 N–H and O–H groups in total. The van der Waals surface area contributed by atoms with Crippen LogP contribution in [0.3, 0.4) is 0 Å². The van der Waals surface area contributed by atoms with Crippen molar-refractivity contribution in [3.05, 3.63) is 12.2 Å². The molecule has 0 saturated carbocycles. The maximum Gasteiger partial charge on any atom is 0.309 e. The average Bonchev–Trinajstić information content (AvgIpc) is 3.47. The van der Waals surface area contributed by atoms with Crippen LogP contribution in [0, 0.1) is 41.4 Å². The van der Waals surface area contributed by atoms with Crippen molar-refractivity contribution >= 4 is 11.8 Å². The van der Waals surface area contributed by atoms with Gasteiger partial charge in [0, 0.05) is 30.1 Å². The molecule has 304 valence electrons. The monoisotopic (exact) mass is 750 g/mol. The smallest absolute Gasteiger partial charge is 0.309 e. The zero-order chi connectivity index (χ0) is 39.3. The molecule has 2 spiro atoms. The molecule has 11 nitrogen and oxygen atoms in total. The Hall–Kier alpha value is -1.44. The van der Waals surface area contributed by atoms with E-state index in [0.29, 0.717) is 57.8 Å².